The number of benzene rings is 6. The van der Waals surface area contributed by atoms with Crippen LogP contribution in [0.1, 0.15) is 0 Å². The number of aromatic nitrogens is 3. The van der Waals surface area contributed by atoms with Gasteiger partial charge in [0, 0.05) is 60.0 Å². The number of hydrogen-bond donors (Lipinski definition) is 0. The number of pyridine rings is 1. The minimum absolute atomic E-state index is 0.953. The van der Waals surface area contributed by atoms with Gasteiger partial charge in [0.2, 0.25) is 0 Å². The third-order valence-corrected chi connectivity index (χ3v) is 10.1. The molecule has 10 aromatic rings. The topological polar surface area (TPSA) is 22.2 Å². The van der Waals surface area contributed by atoms with E-state index in [1.807, 2.05) is 35.7 Å². The molecule has 0 N–H and O–H groups in total. The molecule has 4 heteroatoms. The monoisotopic (exact) mass is 565 g/mol. The minimum atomic E-state index is 0.953. The molecule has 0 unspecified atom stereocenters. The maximum atomic E-state index is 4.86. The second-order valence-corrected chi connectivity index (χ2v) is 12.3. The van der Waals surface area contributed by atoms with Crippen LogP contribution in [0.25, 0.3) is 86.1 Å². The van der Waals surface area contributed by atoms with Gasteiger partial charge in [0.1, 0.15) is 5.65 Å². The molecule has 3 nitrogen and oxygen atoms in total. The lowest BCUT2D eigenvalue weighted by atomic mass is 9.98. The number of imidazole rings is 1. The molecule has 0 saturated heterocycles. The van der Waals surface area contributed by atoms with Crippen molar-refractivity contribution >= 4 is 80.5 Å². The van der Waals surface area contributed by atoms with Crippen molar-refractivity contribution in [2.24, 2.45) is 0 Å². The summed E-state index contributed by atoms with van der Waals surface area (Å²) in [6.07, 6.45) is 4.14. The predicted octanol–water partition coefficient (Wildman–Crippen LogP) is 10.8. The molecule has 200 valence electrons. The maximum Gasteiger partial charge on any atom is 0.137 e. The van der Waals surface area contributed by atoms with Crippen molar-refractivity contribution in [3.8, 4) is 16.9 Å². The number of nitrogens with zero attached hydrogens (tertiary/aromatic N) is 3. The van der Waals surface area contributed by atoms with Gasteiger partial charge >= 0.3 is 0 Å². The minimum Gasteiger partial charge on any atom is -0.309 e. The Hall–Kier alpha value is -5.45. The van der Waals surface area contributed by atoms with E-state index >= 15 is 0 Å². The van der Waals surface area contributed by atoms with Gasteiger partial charge in [-0.1, -0.05) is 91.0 Å². The summed E-state index contributed by atoms with van der Waals surface area (Å²) in [5.74, 6) is 0. The van der Waals surface area contributed by atoms with E-state index in [1.165, 1.54) is 63.5 Å². The summed E-state index contributed by atoms with van der Waals surface area (Å²) in [4.78, 5) is 4.86. The average molecular weight is 566 g/mol. The Kier molecular flexibility index (Phi) is 4.60. The van der Waals surface area contributed by atoms with Gasteiger partial charge in [0.25, 0.3) is 0 Å². The van der Waals surface area contributed by atoms with E-state index in [9.17, 15) is 0 Å². The summed E-state index contributed by atoms with van der Waals surface area (Å²) >= 11 is 1.92. The summed E-state index contributed by atoms with van der Waals surface area (Å²) in [6, 6.07) is 46.2. The van der Waals surface area contributed by atoms with Crippen molar-refractivity contribution in [2.45, 2.75) is 0 Å². The van der Waals surface area contributed by atoms with Crippen molar-refractivity contribution in [2.75, 3.05) is 0 Å². The van der Waals surface area contributed by atoms with Gasteiger partial charge in [-0.15, -0.1) is 11.3 Å². The van der Waals surface area contributed by atoms with Crippen LogP contribution in [-0.4, -0.2) is 14.0 Å². The first-order chi connectivity index (χ1) is 21.3. The molecule has 0 atom stereocenters. The summed E-state index contributed by atoms with van der Waals surface area (Å²) < 4.78 is 7.24. The van der Waals surface area contributed by atoms with Gasteiger partial charge in [-0.25, -0.2) is 4.98 Å². The maximum absolute atomic E-state index is 4.86. The van der Waals surface area contributed by atoms with E-state index in [2.05, 4.69) is 124 Å². The molecular weight excluding hydrogens is 543 g/mol. The van der Waals surface area contributed by atoms with Gasteiger partial charge in [-0.3, -0.25) is 0 Å². The highest BCUT2D eigenvalue weighted by atomic mass is 32.1. The van der Waals surface area contributed by atoms with Crippen LogP contribution in [-0.2, 0) is 0 Å². The SMILES string of the molecule is c1ccc2c(c1)ccc1c2c2c3sc4ccccc4c3c3ccccc3c2n1-c1ccc(-c2cn3ccccc3n2)cc1. The normalized spacial score (nSPS) is 12.2. The molecule has 0 radical (unpaired) electrons. The lowest BCUT2D eigenvalue weighted by molar-refractivity contribution is 1.19. The first-order valence-corrected chi connectivity index (χ1v) is 15.4. The number of fused-ring (bicyclic) bond motifs is 13. The van der Waals surface area contributed by atoms with E-state index in [1.54, 1.807) is 0 Å². The smallest absolute Gasteiger partial charge is 0.137 e. The van der Waals surface area contributed by atoms with Crippen LogP contribution in [0.3, 0.4) is 0 Å². The number of thiophene rings is 1. The fraction of sp³-hybridized carbons (Fsp3) is 0. The molecule has 43 heavy (non-hydrogen) atoms. The molecule has 0 amide bonds. The Balaban J connectivity index is 1.36. The van der Waals surface area contributed by atoms with E-state index in [-0.39, 0.29) is 0 Å². The van der Waals surface area contributed by atoms with Crippen LogP contribution >= 0.6 is 11.3 Å². The highest BCUT2D eigenvalue weighted by Crippen LogP contribution is 2.49. The Morgan fingerprint density at radius 1 is 0.558 bits per heavy atom. The summed E-state index contributed by atoms with van der Waals surface area (Å²) in [5.41, 5.74) is 6.67. The zero-order chi connectivity index (χ0) is 28.1. The Morgan fingerprint density at radius 3 is 2.16 bits per heavy atom. The molecule has 10 rings (SSSR count). The molecular formula is C39H23N3S. The molecule has 0 aliphatic rings. The number of hydrogen-bond acceptors (Lipinski definition) is 2. The Bertz CT molecular complexity index is 2690. The zero-order valence-electron chi connectivity index (χ0n) is 23.0. The lowest BCUT2D eigenvalue weighted by Crippen LogP contribution is -1.95. The predicted molar refractivity (Wildman–Crippen MR) is 183 cm³/mol. The second-order valence-electron chi connectivity index (χ2n) is 11.2. The zero-order valence-corrected chi connectivity index (χ0v) is 23.8. The summed E-state index contributed by atoms with van der Waals surface area (Å²) in [5, 5.41) is 10.5. The van der Waals surface area contributed by atoms with Crippen LogP contribution in [0.5, 0.6) is 0 Å². The fourth-order valence-corrected chi connectivity index (χ4v) is 8.33. The second kappa shape index (κ2) is 8.54. The van der Waals surface area contributed by atoms with Gasteiger partial charge < -0.3 is 8.97 Å². The third kappa shape index (κ3) is 3.16. The molecule has 0 aliphatic carbocycles. The van der Waals surface area contributed by atoms with Gasteiger partial charge in [-0.2, -0.15) is 0 Å². The van der Waals surface area contributed by atoms with Crippen LogP contribution in [0, 0.1) is 0 Å². The van der Waals surface area contributed by atoms with Crippen molar-refractivity contribution in [3.05, 3.63) is 140 Å². The van der Waals surface area contributed by atoms with Gasteiger partial charge in [0.15, 0.2) is 0 Å². The molecule has 6 aromatic carbocycles. The molecule has 4 aromatic heterocycles. The fourth-order valence-electron chi connectivity index (χ4n) is 7.06. The van der Waals surface area contributed by atoms with Crippen molar-refractivity contribution in [3.63, 3.8) is 0 Å². The van der Waals surface area contributed by atoms with E-state index in [0.717, 1.165) is 22.6 Å². The van der Waals surface area contributed by atoms with Gasteiger partial charge in [-0.05, 0) is 52.6 Å². The van der Waals surface area contributed by atoms with E-state index in [4.69, 9.17) is 4.98 Å². The Morgan fingerprint density at radius 2 is 1.30 bits per heavy atom. The highest BCUT2D eigenvalue weighted by molar-refractivity contribution is 7.27. The van der Waals surface area contributed by atoms with Gasteiger partial charge in [0.05, 0.1) is 16.7 Å². The molecule has 0 aliphatic heterocycles. The first-order valence-electron chi connectivity index (χ1n) is 14.6. The highest BCUT2D eigenvalue weighted by Gasteiger charge is 2.22. The molecule has 0 saturated carbocycles. The molecule has 0 spiro atoms. The lowest BCUT2D eigenvalue weighted by Gasteiger charge is -2.11. The Labute approximate surface area is 250 Å². The summed E-state index contributed by atoms with van der Waals surface area (Å²) in [7, 11) is 0. The largest absolute Gasteiger partial charge is 0.309 e. The van der Waals surface area contributed by atoms with Crippen LogP contribution < -0.4 is 0 Å². The number of rotatable bonds is 2. The van der Waals surface area contributed by atoms with E-state index < -0.39 is 0 Å². The third-order valence-electron chi connectivity index (χ3n) is 8.92. The van der Waals surface area contributed by atoms with Crippen molar-refractivity contribution < 1.29 is 0 Å². The first kappa shape index (κ1) is 23.1. The van der Waals surface area contributed by atoms with Crippen LogP contribution in [0.2, 0.25) is 0 Å². The van der Waals surface area contributed by atoms with E-state index in [0.29, 0.717) is 0 Å². The standard InChI is InChI=1S/C39H23N3S/c1-2-10-27-24(9-1)18-21-32-36(27)37-38(29-12-4-3-11-28(29)35-30-13-5-6-14-33(30)43-39(35)37)42(32)26-19-16-25(17-20-26)31-23-41-22-8-7-15-34(41)40-31/h1-23H. The molecule has 0 fully saturated rings. The van der Waals surface area contributed by atoms with Crippen molar-refractivity contribution in [1.29, 1.82) is 0 Å². The quantitative estimate of drug-likeness (QED) is 0.204. The van der Waals surface area contributed by atoms with Crippen LogP contribution in [0.4, 0.5) is 0 Å². The molecule has 0 bridgehead atoms. The van der Waals surface area contributed by atoms with Crippen LogP contribution in [0.15, 0.2) is 140 Å². The molecule has 4 heterocycles. The average Bonchev–Trinajstić information content (AvgIpc) is 3.77. The summed E-state index contributed by atoms with van der Waals surface area (Å²) in [6.45, 7) is 0. The van der Waals surface area contributed by atoms with Crippen molar-refractivity contribution in [1.82, 2.24) is 14.0 Å².